The summed E-state index contributed by atoms with van der Waals surface area (Å²) in [5.41, 5.74) is 0. The highest BCUT2D eigenvalue weighted by molar-refractivity contribution is 4.98. The summed E-state index contributed by atoms with van der Waals surface area (Å²) in [6.45, 7) is 9.61. The fraction of sp³-hybridized carbons (Fsp3) is 0.889. The van der Waals surface area contributed by atoms with Crippen LogP contribution in [0.15, 0.2) is 0 Å². The monoisotopic (exact) mass is 298 g/mol. The molecule has 3 nitrogen and oxygen atoms in total. The van der Waals surface area contributed by atoms with Crippen LogP contribution in [0, 0.1) is 18.3 Å². The number of hydrogen-bond acceptors (Lipinski definition) is 3. The zero-order valence-electron chi connectivity index (χ0n) is 14.5. The number of terminal acetylenes is 1. The molecule has 1 atom stereocenters. The molecule has 0 heterocycles. The fourth-order valence-electron chi connectivity index (χ4n) is 2.52. The molecular formula is C18H34O3. The summed E-state index contributed by atoms with van der Waals surface area (Å²) < 4.78 is 17.3. The van der Waals surface area contributed by atoms with Crippen molar-refractivity contribution in [2.75, 3.05) is 19.8 Å². The Bertz CT molecular complexity index is 253. The van der Waals surface area contributed by atoms with Gasteiger partial charge in [0.05, 0.1) is 0 Å². The van der Waals surface area contributed by atoms with Crippen LogP contribution in [0.25, 0.3) is 0 Å². The first-order chi connectivity index (χ1) is 10.2. The third-order valence-corrected chi connectivity index (χ3v) is 3.51. The molecule has 0 aliphatic rings. The highest BCUT2D eigenvalue weighted by Gasteiger charge is 2.40. The largest absolute Gasteiger partial charge is 0.327 e. The van der Waals surface area contributed by atoms with Crippen molar-refractivity contribution in [1.29, 1.82) is 0 Å². The molecule has 3 heteroatoms. The molecule has 0 aromatic carbocycles. The van der Waals surface area contributed by atoms with Crippen molar-refractivity contribution < 1.29 is 14.2 Å². The summed E-state index contributed by atoms with van der Waals surface area (Å²) in [4.78, 5) is 0. The Kier molecular flexibility index (Phi) is 12.8. The molecule has 0 N–H and O–H groups in total. The standard InChI is InChI=1S/C18H34O3/c1-6-11-12-13-14-15-16-17(7-2)18(19-8-3,20-9-4)21-10-5/h2,17H,6,8-16H2,1,3-5H3. The zero-order chi connectivity index (χ0) is 16.0. The van der Waals surface area contributed by atoms with Gasteiger partial charge < -0.3 is 14.2 Å². The predicted molar refractivity (Wildman–Crippen MR) is 87.9 cm³/mol. The highest BCUT2D eigenvalue weighted by atomic mass is 16.9. The van der Waals surface area contributed by atoms with Crippen LogP contribution < -0.4 is 0 Å². The minimum Gasteiger partial charge on any atom is -0.327 e. The number of ether oxygens (including phenoxy) is 3. The normalized spacial score (nSPS) is 13.1. The zero-order valence-corrected chi connectivity index (χ0v) is 14.5. The van der Waals surface area contributed by atoms with Crippen LogP contribution in [0.3, 0.4) is 0 Å². The average Bonchev–Trinajstić information content (AvgIpc) is 2.47. The summed E-state index contributed by atoms with van der Waals surface area (Å²) in [5, 5.41) is 0. The lowest BCUT2D eigenvalue weighted by Crippen LogP contribution is -2.46. The van der Waals surface area contributed by atoms with Crippen molar-refractivity contribution in [1.82, 2.24) is 0 Å². The number of hydrogen-bond donors (Lipinski definition) is 0. The molecular weight excluding hydrogens is 264 g/mol. The van der Waals surface area contributed by atoms with Crippen LogP contribution in [0.1, 0.15) is 72.6 Å². The summed E-state index contributed by atoms with van der Waals surface area (Å²) in [5.74, 6) is 1.59. The maximum atomic E-state index is 5.77. The van der Waals surface area contributed by atoms with Gasteiger partial charge in [0.15, 0.2) is 0 Å². The van der Waals surface area contributed by atoms with E-state index in [9.17, 15) is 0 Å². The van der Waals surface area contributed by atoms with E-state index in [-0.39, 0.29) is 5.92 Å². The Morgan fingerprint density at radius 2 is 1.29 bits per heavy atom. The topological polar surface area (TPSA) is 27.7 Å². The molecule has 0 saturated heterocycles. The van der Waals surface area contributed by atoms with Gasteiger partial charge in [-0.3, -0.25) is 0 Å². The van der Waals surface area contributed by atoms with E-state index in [4.69, 9.17) is 20.6 Å². The van der Waals surface area contributed by atoms with Gasteiger partial charge in [0.2, 0.25) is 0 Å². The molecule has 21 heavy (non-hydrogen) atoms. The van der Waals surface area contributed by atoms with E-state index in [0.29, 0.717) is 19.8 Å². The molecule has 124 valence electrons. The lowest BCUT2D eigenvalue weighted by molar-refractivity contribution is -0.394. The van der Waals surface area contributed by atoms with Crippen LogP contribution in [0.4, 0.5) is 0 Å². The molecule has 0 aromatic heterocycles. The number of rotatable bonds is 14. The minimum atomic E-state index is -1.07. The molecule has 0 aromatic rings. The van der Waals surface area contributed by atoms with Crippen LogP contribution in [0.5, 0.6) is 0 Å². The van der Waals surface area contributed by atoms with Crippen molar-refractivity contribution in [2.45, 2.75) is 78.6 Å². The Balaban J connectivity index is 4.48. The third kappa shape index (κ3) is 7.85. The van der Waals surface area contributed by atoms with E-state index in [1.807, 2.05) is 20.8 Å². The summed E-state index contributed by atoms with van der Waals surface area (Å²) in [7, 11) is 0. The van der Waals surface area contributed by atoms with Crippen molar-refractivity contribution in [3.05, 3.63) is 0 Å². The maximum absolute atomic E-state index is 5.77. The van der Waals surface area contributed by atoms with Gasteiger partial charge in [-0.15, -0.1) is 6.42 Å². The molecule has 0 rings (SSSR count). The van der Waals surface area contributed by atoms with E-state index in [2.05, 4.69) is 12.8 Å². The second-order valence-corrected chi connectivity index (χ2v) is 5.18. The molecule has 0 saturated carbocycles. The SMILES string of the molecule is C#CC(CCCCCCCC)C(OCC)(OCC)OCC. The highest BCUT2D eigenvalue weighted by Crippen LogP contribution is 2.30. The quantitative estimate of drug-likeness (QED) is 0.263. The Morgan fingerprint density at radius 3 is 1.71 bits per heavy atom. The summed E-state index contributed by atoms with van der Waals surface area (Å²) in [6, 6.07) is 0. The van der Waals surface area contributed by atoms with Crippen LogP contribution in [-0.4, -0.2) is 25.8 Å². The Morgan fingerprint density at radius 1 is 0.810 bits per heavy atom. The van der Waals surface area contributed by atoms with Gasteiger partial charge in [0.1, 0.15) is 5.92 Å². The molecule has 0 amide bonds. The van der Waals surface area contributed by atoms with Gasteiger partial charge in [-0.2, -0.15) is 0 Å². The second-order valence-electron chi connectivity index (χ2n) is 5.18. The van der Waals surface area contributed by atoms with E-state index in [0.717, 1.165) is 12.8 Å². The predicted octanol–water partition coefficient (Wildman–Crippen LogP) is 4.75. The summed E-state index contributed by atoms with van der Waals surface area (Å²) >= 11 is 0. The van der Waals surface area contributed by atoms with E-state index in [1.165, 1.54) is 32.1 Å². The van der Waals surface area contributed by atoms with Crippen LogP contribution in [0.2, 0.25) is 0 Å². The molecule has 0 radical (unpaired) electrons. The minimum absolute atomic E-state index is 0.163. The van der Waals surface area contributed by atoms with E-state index < -0.39 is 5.97 Å². The Labute approximate surface area is 131 Å². The second kappa shape index (κ2) is 13.1. The van der Waals surface area contributed by atoms with Gasteiger partial charge >= 0.3 is 0 Å². The van der Waals surface area contributed by atoms with Gasteiger partial charge in [0, 0.05) is 19.8 Å². The van der Waals surface area contributed by atoms with Crippen molar-refractivity contribution in [3.63, 3.8) is 0 Å². The molecule has 0 fully saturated rings. The van der Waals surface area contributed by atoms with Gasteiger partial charge in [-0.1, -0.05) is 51.4 Å². The Hall–Kier alpha value is -0.560. The van der Waals surface area contributed by atoms with E-state index >= 15 is 0 Å². The molecule has 0 aliphatic heterocycles. The first-order valence-electron chi connectivity index (χ1n) is 8.58. The van der Waals surface area contributed by atoms with Crippen molar-refractivity contribution in [2.24, 2.45) is 5.92 Å². The first kappa shape index (κ1) is 20.4. The lowest BCUT2D eigenvalue weighted by atomic mass is 9.98. The molecule has 0 spiro atoms. The smallest absolute Gasteiger partial charge is 0.297 e. The molecule has 1 unspecified atom stereocenters. The lowest BCUT2D eigenvalue weighted by Gasteiger charge is -2.36. The van der Waals surface area contributed by atoms with Crippen molar-refractivity contribution >= 4 is 0 Å². The average molecular weight is 298 g/mol. The molecule has 0 aliphatic carbocycles. The van der Waals surface area contributed by atoms with Crippen molar-refractivity contribution in [3.8, 4) is 12.3 Å². The fourth-order valence-corrected chi connectivity index (χ4v) is 2.52. The summed E-state index contributed by atoms with van der Waals surface area (Å²) in [6.07, 6.45) is 14.1. The third-order valence-electron chi connectivity index (χ3n) is 3.51. The number of unbranched alkanes of at least 4 members (excludes halogenated alkanes) is 5. The van der Waals surface area contributed by atoms with Gasteiger partial charge in [0.25, 0.3) is 5.97 Å². The van der Waals surface area contributed by atoms with E-state index in [1.54, 1.807) is 0 Å². The molecule has 0 bridgehead atoms. The maximum Gasteiger partial charge on any atom is 0.297 e. The van der Waals surface area contributed by atoms with Crippen LogP contribution >= 0.6 is 0 Å². The van der Waals surface area contributed by atoms with Crippen LogP contribution in [-0.2, 0) is 14.2 Å². The van der Waals surface area contributed by atoms with Gasteiger partial charge in [-0.05, 0) is 27.2 Å². The van der Waals surface area contributed by atoms with Gasteiger partial charge in [-0.25, -0.2) is 0 Å². The first-order valence-corrected chi connectivity index (χ1v) is 8.58.